The second-order valence-electron chi connectivity index (χ2n) is 9.10. The molecule has 4 rings (SSSR count). The summed E-state index contributed by atoms with van der Waals surface area (Å²) in [7, 11) is 0. The fourth-order valence-electron chi connectivity index (χ4n) is 4.36. The van der Waals surface area contributed by atoms with Crippen LogP contribution < -0.4 is 4.74 Å². The number of ether oxygens (including phenoxy) is 1. The fraction of sp³-hybridized carbons (Fsp3) is 0.357. The topological polar surface area (TPSA) is 49.9 Å². The Labute approximate surface area is 220 Å². The van der Waals surface area contributed by atoms with Gasteiger partial charge < -0.3 is 14.5 Å². The molecule has 36 heavy (non-hydrogen) atoms. The molecule has 0 fully saturated rings. The van der Waals surface area contributed by atoms with E-state index in [1.807, 2.05) is 25.3 Å². The summed E-state index contributed by atoms with van der Waals surface area (Å²) in [4.78, 5) is 31.5. The molecular formula is C28H30ClFN2O3S. The number of amides is 2. The van der Waals surface area contributed by atoms with Crippen LogP contribution in [0.5, 0.6) is 5.75 Å². The Morgan fingerprint density at radius 2 is 1.94 bits per heavy atom. The third-order valence-corrected chi connectivity index (χ3v) is 7.83. The first-order valence-corrected chi connectivity index (χ1v) is 13.4. The van der Waals surface area contributed by atoms with Crippen LogP contribution in [0.4, 0.5) is 4.39 Å². The van der Waals surface area contributed by atoms with Gasteiger partial charge in [-0.3, -0.25) is 9.59 Å². The largest absolute Gasteiger partial charge is 0.491 e. The van der Waals surface area contributed by atoms with Gasteiger partial charge in [-0.05, 0) is 65.7 Å². The van der Waals surface area contributed by atoms with E-state index in [1.54, 1.807) is 52.6 Å². The number of carbonyl (C=O) groups excluding carboxylic acids is 2. The highest BCUT2D eigenvalue weighted by molar-refractivity contribution is 7.10. The molecule has 0 saturated carbocycles. The van der Waals surface area contributed by atoms with Gasteiger partial charge in [0.1, 0.15) is 24.7 Å². The maximum atomic E-state index is 14.4. The second kappa shape index (κ2) is 11.9. The highest BCUT2D eigenvalue weighted by Crippen LogP contribution is 2.34. The first kappa shape index (κ1) is 26.2. The summed E-state index contributed by atoms with van der Waals surface area (Å²) in [5, 5.41) is 2.66. The molecule has 2 heterocycles. The lowest BCUT2D eigenvalue weighted by molar-refractivity contribution is -0.135. The number of benzene rings is 2. The monoisotopic (exact) mass is 528 g/mol. The van der Waals surface area contributed by atoms with E-state index >= 15 is 0 Å². The van der Waals surface area contributed by atoms with E-state index in [4.69, 9.17) is 16.3 Å². The first-order valence-electron chi connectivity index (χ1n) is 12.1. The molecule has 3 aromatic rings. The lowest BCUT2D eigenvalue weighted by Gasteiger charge is -2.37. The summed E-state index contributed by atoms with van der Waals surface area (Å²) in [5.74, 6) is -0.391. The minimum absolute atomic E-state index is 0.0185. The minimum Gasteiger partial charge on any atom is -0.491 e. The van der Waals surface area contributed by atoms with E-state index in [1.165, 1.54) is 21.9 Å². The van der Waals surface area contributed by atoms with Gasteiger partial charge in [-0.1, -0.05) is 44.0 Å². The van der Waals surface area contributed by atoms with Crippen LogP contribution in [0.1, 0.15) is 47.1 Å². The minimum atomic E-state index is -0.584. The molecule has 0 N–H and O–H groups in total. The molecule has 0 bridgehead atoms. The van der Waals surface area contributed by atoms with Crippen LogP contribution in [-0.4, -0.2) is 47.9 Å². The van der Waals surface area contributed by atoms with Crippen LogP contribution in [0.3, 0.4) is 0 Å². The Morgan fingerprint density at radius 3 is 2.67 bits per heavy atom. The van der Waals surface area contributed by atoms with E-state index < -0.39 is 11.7 Å². The van der Waals surface area contributed by atoms with Gasteiger partial charge in [0.25, 0.3) is 5.91 Å². The second-order valence-corrected chi connectivity index (χ2v) is 10.5. The van der Waals surface area contributed by atoms with Crippen LogP contribution in [0, 0.1) is 11.7 Å². The first-order chi connectivity index (χ1) is 17.4. The van der Waals surface area contributed by atoms with Crippen molar-refractivity contribution < 1.29 is 18.7 Å². The standard InChI is InChI=1S/C28H30ClFN2O3S/c1-3-19(2)16-31(28(34)22-6-4-5-7-24(22)30)17-27(33)32-14-12-26-23(13-15-36-26)25(32)18-35-21-10-8-20(29)9-11-21/h4-11,13,15,19,25H,3,12,14,16-18H2,1-2H3/t19-,25-/m1/s1. The molecule has 1 aromatic heterocycles. The van der Waals surface area contributed by atoms with Gasteiger partial charge in [-0.25, -0.2) is 4.39 Å². The third kappa shape index (κ3) is 6.08. The quantitative estimate of drug-likeness (QED) is 0.330. The van der Waals surface area contributed by atoms with Crippen LogP contribution >= 0.6 is 22.9 Å². The van der Waals surface area contributed by atoms with E-state index in [2.05, 4.69) is 0 Å². The molecule has 2 aromatic carbocycles. The van der Waals surface area contributed by atoms with Crippen molar-refractivity contribution in [1.82, 2.24) is 9.80 Å². The third-order valence-electron chi connectivity index (χ3n) is 6.58. The van der Waals surface area contributed by atoms with Gasteiger partial charge >= 0.3 is 0 Å². The van der Waals surface area contributed by atoms with Crippen LogP contribution in [0.25, 0.3) is 0 Å². The van der Waals surface area contributed by atoms with Crippen molar-refractivity contribution in [3.8, 4) is 5.75 Å². The van der Waals surface area contributed by atoms with Crippen molar-refractivity contribution in [3.05, 3.63) is 86.8 Å². The van der Waals surface area contributed by atoms with Crippen molar-refractivity contribution in [2.24, 2.45) is 5.92 Å². The Morgan fingerprint density at radius 1 is 1.19 bits per heavy atom. The zero-order chi connectivity index (χ0) is 25.7. The van der Waals surface area contributed by atoms with E-state index in [-0.39, 0.29) is 36.6 Å². The molecule has 1 aliphatic heterocycles. The number of hydrogen-bond donors (Lipinski definition) is 0. The maximum absolute atomic E-state index is 14.4. The molecule has 0 radical (unpaired) electrons. The van der Waals surface area contributed by atoms with E-state index in [0.29, 0.717) is 23.9 Å². The normalized spacial score (nSPS) is 15.8. The number of fused-ring (bicyclic) bond motifs is 1. The smallest absolute Gasteiger partial charge is 0.257 e. The van der Waals surface area contributed by atoms with Crippen molar-refractivity contribution in [2.75, 3.05) is 26.2 Å². The zero-order valence-electron chi connectivity index (χ0n) is 20.5. The van der Waals surface area contributed by atoms with Crippen molar-refractivity contribution in [2.45, 2.75) is 32.7 Å². The fourth-order valence-corrected chi connectivity index (χ4v) is 5.42. The van der Waals surface area contributed by atoms with E-state index in [0.717, 1.165) is 18.4 Å². The molecule has 2 amide bonds. The molecule has 0 unspecified atom stereocenters. The molecule has 8 heteroatoms. The van der Waals surface area contributed by atoms with Gasteiger partial charge in [0.15, 0.2) is 0 Å². The molecule has 1 aliphatic rings. The van der Waals surface area contributed by atoms with Gasteiger partial charge in [0.2, 0.25) is 5.91 Å². The Balaban J connectivity index is 1.55. The summed E-state index contributed by atoms with van der Waals surface area (Å²) < 4.78 is 20.5. The predicted octanol–water partition coefficient (Wildman–Crippen LogP) is 6.23. The number of thiophene rings is 1. The van der Waals surface area contributed by atoms with Gasteiger partial charge in [0, 0.05) is 23.0 Å². The summed E-state index contributed by atoms with van der Waals surface area (Å²) in [6.07, 6.45) is 1.59. The number of carbonyl (C=O) groups is 2. The highest BCUT2D eigenvalue weighted by atomic mass is 35.5. The average Bonchev–Trinajstić information content (AvgIpc) is 3.36. The number of halogens is 2. The van der Waals surface area contributed by atoms with Gasteiger partial charge in [0.05, 0.1) is 11.6 Å². The lowest BCUT2D eigenvalue weighted by atomic mass is 10.00. The van der Waals surface area contributed by atoms with Crippen molar-refractivity contribution >= 4 is 34.8 Å². The van der Waals surface area contributed by atoms with Gasteiger partial charge in [-0.15, -0.1) is 11.3 Å². The Bertz CT molecular complexity index is 1200. The molecule has 0 aliphatic carbocycles. The Kier molecular flexibility index (Phi) is 8.64. The maximum Gasteiger partial charge on any atom is 0.257 e. The van der Waals surface area contributed by atoms with Crippen LogP contribution in [0.2, 0.25) is 5.02 Å². The average molecular weight is 529 g/mol. The SMILES string of the molecule is CC[C@@H](C)CN(CC(=O)N1CCc2sccc2[C@H]1COc1ccc(Cl)cc1)C(=O)c1ccccc1F. The molecular weight excluding hydrogens is 499 g/mol. The number of hydrogen-bond acceptors (Lipinski definition) is 4. The van der Waals surface area contributed by atoms with Crippen molar-refractivity contribution in [1.29, 1.82) is 0 Å². The van der Waals surface area contributed by atoms with Crippen molar-refractivity contribution in [3.63, 3.8) is 0 Å². The molecule has 5 nitrogen and oxygen atoms in total. The predicted molar refractivity (Wildman–Crippen MR) is 141 cm³/mol. The lowest BCUT2D eigenvalue weighted by Crippen LogP contribution is -2.48. The van der Waals surface area contributed by atoms with Gasteiger partial charge in [-0.2, -0.15) is 0 Å². The summed E-state index contributed by atoms with van der Waals surface area (Å²) in [6.45, 7) is 5.13. The van der Waals surface area contributed by atoms with Crippen LogP contribution in [0.15, 0.2) is 60.0 Å². The summed E-state index contributed by atoms with van der Waals surface area (Å²) >= 11 is 7.67. The number of nitrogens with zero attached hydrogens (tertiary/aromatic N) is 2. The van der Waals surface area contributed by atoms with E-state index in [9.17, 15) is 14.0 Å². The number of rotatable bonds is 9. The van der Waals surface area contributed by atoms with Crippen LogP contribution in [-0.2, 0) is 11.2 Å². The zero-order valence-corrected chi connectivity index (χ0v) is 22.0. The highest BCUT2D eigenvalue weighted by Gasteiger charge is 2.34. The molecule has 0 spiro atoms. The Hall–Kier alpha value is -2.90. The molecule has 2 atom stereocenters. The summed E-state index contributed by atoms with van der Waals surface area (Å²) in [6, 6.07) is 14.8. The molecule has 0 saturated heterocycles. The molecule has 190 valence electrons. The summed E-state index contributed by atoms with van der Waals surface area (Å²) in [5.41, 5.74) is 1.05.